The van der Waals surface area contributed by atoms with Crippen LogP contribution in [0.3, 0.4) is 0 Å². The van der Waals surface area contributed by atoms with Crippen LogP contribution in [-0.4, -0.2) is 75.2 Å². The van der Waals surface area contributed by atoms with Gasteiger partial charge in [0.05, 0.1) is 7.11 Å². The summed E-state index contributed by atoms with van der Waals surface area (Å²) >= 11 is 0. The van der Waals surface area contributed by atoms with Crippen molar-refractivity contribution in [3.8, 4) is 0 Å². The summed E-state index contributed by atoms with van der Waals surface area (Å²) in [6.45, 7) is 7.71. The molecule has 1 rings (SSSR count). The maximum Gasteiger partial charge on any atom is 0.325 e. The summed E-state index contributed by atoms with van der Waals surface area (Å²) in [6.07, 6.45) is 4.49. The molecule has 0 aromatic carbocycles. The predicted octanol–water partition coefficient (Wildman–Crippen LogP) is 0.945. The molecular weight excluding hydrogens is 254 g/mol. The fourth-order valence-electron chi connectivity index (χ4n) is 2.69. The van der Waals surface area contributed by atoms with E-state index < -0.39 is 5.54 Å². The summed E-state index contributed by atoms with van der Waals surface area (Å²) in [5, 5.41) is 3.08. The van der Waals surface area contributed by atoms with Crippen molar-refractivity contribution in [3.05, 3.63) is 0 Å². The Bertz CT molecular complexity index is 293. The Kier molecular flexibility index (Phi) is 7.48. The van der Waals surface area contributed by atoms with Crippen LogP contribution < -0.4 is 5.32 Å². The molecule has 1 atom stereocenters. The highest BCUT2D eigenvalue weighted by molar-refractivity contribution is 5.80. The van der Waals surface area contributed by atoms with Gasteiger partial charge in [-0.15, -0.1) is 0 Å². The van der Waals surface area contributed by atoms with Gasteiger partial charge in [0, 0.05) is 13.1 Å². The van der Waals surface area contributed by atoms with Gasteiger partial charge in [0.1, 0.15) is 5.54 Å². The lowest BCUT2D eigenvalue weighted by molar-refractivity contribution is -0.148. The molecule has 1 aliphatic heterocycles. The van der Waals surface area contributed by atoms with Crippen molar-refractivity contribution >= 4 is 5.97 Å². The van der Waals surface area contributed by atoms with Crippen molar-refractivity contribution < 1.29 is 9.53 Å². The van der Waals surface area contributed by atoms with Crippen LogP contribution in [0.2, 0.25) is 0 Å². The van der Waals surface area contributed by atoms with E-state index in [0.29, 0.717) is 0 Å². The third kappa shape index (κ3) is 5.38. The Hall–Kier alpha value is -0.650. The van der Waals surface area contributed by atoms with Crippen molar-refractivity contribution in [1.29, 1.82) is 0 Å². The number of nitrogens with zero attached hydrogens (tertiary/aromatic N) is 2. The van der Waals surface area contributed by atoms with E-state index in [1.165, 1.54) is 33.0 Å². The van der Waals surface area contributed by atoms with Crippen LogP contribution in [0.15, 0.2) is 0 Å². The molecule has 1 heterocycles. The van der Waals surface area contributed by atoms with Crippen LogP contribution >= 0.6 is 0 Å². The topological polar surface area (TPSA) is 44.8 Å². The van der Waals surface area contributed by atoms with Gasteiger partial charge in [0.25, 0.3) is 0 Å². The first-order chi connectivity index (χ1) is 9.51. The monoisotopic (exact) mass is 285 g/mol. The number of methoxy groups -OCH3 is 1. The van der Waals surface area contributed by atoms with Crippen LogP contribution in [0, 0.1) is 0 Å². The minimum absolute atomic E-state index is 0.181. The zero-order valence-electron chi connectivity index (χ0n) is 13.6. The first-order valence-electron chi connectivity index (χ1n) is 7.70. The van der Waals surface area contributed by atoms with E-state index in [0.717, 1.165) is 32.5 Å². The Morgan fingerprint density at radius 3 is 2.55 bits per heavy atom. The smallest absolute Gasteiger partial charge is 0.325 e. The van der Waals surface area contributed by atoms with Gasteiger partial charge >= 0.3 is 5.97 Å². The number of carbonyl (C=O) groups excluding carboxylic acids is 1. The number of esters is 1. The highest BCUT2D eigenvalue weighted by Gasteiger charge is 2.31. The Labute approximate surface area is 123 Å². The summed E-state index contributed by atoms with van der Waals surface area (Å²) in [6, 6.07) is 0. The normalized spacial score (nSPS) is 19.2. The number of hydrogen-bond donors (Lipinski definition) is 1. The van der Waals surface area contributed by atoms with Gasteiger partial charge in [-0.25, -0.2) is 0 Å². The summed E-state index contributed by atoms with van der Waals surface area (Å²) in [7, 11) is 5.42. The van der Waals surface area contributed by atoms with E-state index >= 15 is 0 Å². The van der Waals surface area contributed by atoms with Crippen LogP contribution in [0.1, 0.15) is 32.6 Å². The quantitative estimate of drug-likeness (QED) is 0.639. The van der Waals surface area contributed by atoms with Gasteiger partial charge in [-0.2, -0.15) is 0 Å². The van der Waals surface area contributed by atoms with Gasteiger partial charge in [-0.1, -0.05) is 0 Å². The first kappa shape index (κ1) is 17.4. The molecule has 1 fully saturated rings. The summed E-state index contributed by atoms with van der Waals surface area (Å²) in [5.41, 5.74) is -0.565. The molecule has 0 radical (unpaired) electrons. The minimum atomic E-state index is -0.565. The third-order valence-electron chi connectivity index (χ3n) is 4.40. The molecular formula is C15H31N3O2. The number of hydrogen-bond acceptors (Lipinski definition) is 5. The maximum absolute atomic E-state index is 11.7. The summed E-state index contributed by atoms with van der Waals surface area (Å²) in [4.78, 5) is 16.6. The van der Waals surface area contributed by atoms with E-state index in [9.17, 15) is 4.79 Å². The molecule has 5 heteroatoms. The van der Waals surface area contributed by atoms with Crippen LogP contribution in [0.25, 0.3) is 0 Å². The van der Waals surface area contributed by atoms with Crippen LogP contribution in [-0.2, 0) is 9.53 Å². The molecule has 0 aromatic heterocycles. The molecule has 5 nitrogen and oxygen atoms in total. The number of nitrogens with one attached hydrogen (secondary N) is 1. The highest BCUT2D eigenvalue weighted by atomic mass is 16.5. The van der Waals surface area contributed by atoms with Crippen LogP contribution in [0.5, 0.6) is 0 Å². The molecule has 1 aliphatic rings. The lowest BCUT2D eigenvalue weighted by Crippen LogP contribution is -2.48. The number of likely N-dealkylation sites (tertiary alicyclic amines) is 1. The second-order valence-corrected chi connectivity index (χ2v) is 6.03. The molecule has 1 unspecified atom stereocenters. The molecule has 0 saturated carbocycles. The van der Waals surface area contributed by atoms with Crippen molar-refractivity contribution in [2.24, 2.45) is 0 Å². The van der Waals surface area contributed by atoms with E-state index in [1.54, 1.807) is 0 Å². The lowest BCUT2D eigenvalue weighted by atomic mass is 9.96. The Morgan fingerprint density at radius 1 is 1.35 bits per heavy atom. The van der Waals surface area contributed by atoms with E-state index in [1.807, 2.05) is 14.0 Å². The molecule has 0 bridgehead atoms. The molecule has 0 amide bonds. The van der Waals surface area contributed by atoms with Crippen molar-refractivity contribution in [3.63, 3.8) is 0 Å². The Morgan fingerprint density at radius 2 is 2.00 bits per heavy atom. The minimum Gasteiger partial charge on any atom is -0.468 e. The van der Waals surface area contributed by atoms with Gasteiger partial charge in [0.2, 0.25) is 0 Å². The van der Waals surface area contributed by atoms with Crippen LogP contribution in [0.4, 0.5) is 0 Å². The second-order valence-electron chi connectivity index (χ2n) is 6.03. The predicted molar refractivity (Wildman–Crippen MR) is 81.9 cm³/mol. The molecule has 20 heavy (non-hydrogen) atoms. The fourth-order valence-corrected chi connectivity index (χ4v) is 2.69. The second kappa shape index (κ2) is 8.60. The zero-order valence-corrected chi connectivity index (χ0v) is 13.6. The molecule has 1 saturated heterocycles. The molecule has 1 N–H and O–H groups in total. The number of ether oxygens (including phenoxy) is 1. The third-order valence-corrected chi connectivity index (χ3v) is 4.40. The summed E-state index contributed by atoms with van der Waals surface area (Å²) in [5.74, 6) is -0.181. The summed E-state index contributed by atoms with van der Waals surface area (Å²) < 4.78 is 4.86. The SMILES string of the molecule is CNC(C)(CCCN(C)CCN1CCCC1)C(=O)OC. The van der Waals surface area contributed by atoms with E-state index in [4.69, 9.17) is 4.74 Å². The molecule has 0 spiro atoms. The number of likely N-dealkylation sites (N-methyl/N-ethyl adjacent to an activating group) is 2. The number of carbonyl (C=O) groups is 1. The molecule has 118 valence electrons. The highest BCUT2D eigenvalue weighted by Crippen LogP contribution is 2.14. The van der Waals surface area contributed by atoms with Gasteiger partial charge in [-0.05, 0) is 66.3 Å². The van der Waals surface area contributed by atoms with E-state index in [2.05, 4.69) is 22.2 Å². The molecule has 0 aliphatic carbocycles. The van der Waals surface area contributed by atoms with Gasteiger partial charge in [0.15, 0.2) is 0 Å². The van der Waals surface area contributed by atoms with Crippen molar-refractivity contribution in [1.82, 2.24) is 15.1 Å². The lowest BCUT2D eigenvalue weighted by Gasteiger charge is -2.27. The average Bonchev–Trinajstić information content (AvgIpc) is 2.97. The Balaban J connectivity index is 2.19. The van der Waals surface area contributed by atoms with E-state index in [-0.39, 0.29) is 5.97 Å². The number of rotatable bonds is 9. The first-order valence-corrected chi connectivity index (χ1v) is 7.70. The van der Waals surface area contributed by atoms with Crippen molar-refractivity contribution in [2.75, 3.05) is 53.9 Å². The van der Waals surface area contributed by atoms with Gasteiger partial charge < -0.3 is 19.9 Å². The maximum atomic E-state index is 11.7. The fraction of sp³-hybridized carbons (Fsp3) is 0.933. The largest absolute Gasteiger partial charge is 0.468 e. The standard InChI is InChI=1S/C15H31N3O2/c1-15(16-2,14(19)20-4)8-7-9-17(3)12-13-18-10-5-6-11-18/h16H,5-13H2,1-4H3. The van der Waals surface area contributed by atoms with Gasteiger partial charge in [-0.3, -0.25) is 4.79 Å². The zero-order chi connectivity index (χ0) is 15.0. The molecule has 0 aromatic rings. The van der Waals surface area contributed by atoms with Crippen molar-refractivity contribution in [2.45, 2.75) is 38.1 Å². The average molecular weight is 285 g/mol.